The maximum Gasteiger partial charge on any atom is 0.137 e. The number of carbonyl (C=O) groups excluding carboxylic acids is 1. The van der Waals surface area contributed by atoms with Gasteiger partial charge in [0.2, 0.25) is 0 Å². The van der Waals surface area contributed by atoms with Crippen LogP contribution in [0.3, 0.4) is 0 Å². The van der Waals surface area contributed by atoms with Crippen molar-refractivity contribution in [3.05, 3.63) is 29.8 Å². The molecule has 94 valence electrons. The summed E-state index contributed by atoms with van der Waals surface area (Å²) in [6, 6.07) is 7.57. The van der Waals surface area contributed by atoms with Crippen LogP contribution in [0.4, 0.5) is 5.69 Å². The highest BCUT2D eigenvalue weighted by Crippen LogP contribution is 2.10. The van der Waals surface area contributed by atoms with Crippen molar-refractivity contribution in [2.24, 2.45) is 0 Å². The molecular formula is C15H23NO. The molecule has 0 atom stereocenters. The number of ketones is 1. The number of nitrogens with two attached hydrogens (primary N) is 1. The molecular weight excluding hydrogens is 210 g/mol. The molecule has 1 aromatic carbocycles. The Kier molecular flexibility index (Phi) is 6.38. The van der Waals surface area contributed by atoms with Gasteiger partial charge in [-0.05, 0) is 24.1 Å². The molecule has 0 unspecified atom stereocenters. The first-order valence-electron chi connectivity index (χ1n) is 6.58. The van der Waals surface area contributed by atoms with E-state index in [1.54, 1.807) is 0 Å². The molecule has 0 aliphatic rings. The lowest BCUT2D eigenvalue weighted by atomic mass is 10.0. The second-order valence-corrected chi connectivity index (χ2v) is 4.62. The fourth-order valence-electron chi connectivity index (χ4n) is 1.88. The molecule has 0 saturated carbocycles. The molecule has 1 aromatic rings. The molecule has 2 heteroatoms. The van der Waals surface area contributed by atoms with E-state index in [0.717, 1.165) is 17.7 Å². The predicted octanol–water partition coefficient (Wildman–Crippen LogP) is 3.74. The summed E-state index contributed by atoms with van der Waals surface area (Å²) in [5, 5.41) is 0. The molecule has 0 heterocycles. The summed E-state index contributed by atoms with van der Waals surface area (Å²) in [7, 11) is 0. The van der Waals surface area contributed by atoms with E-state index in [1.807, 2.05) is 24.3 Å². The first-order chi connectivity index (χ1) is 8.22. The third kappa shape index (κ3) is 6.10. The third-order valence-corrected chi connectivity index (χ3v) is 2.94. The molecule has 0 fully saturated rings. The van der Waals surface area contributed by atoms with Crippen molar-refractivity contribution >= 4 is 11.5 Å². The molecule has 0 bridgehead atoms. The first-order valence-corrected chi connectivity index (χ1v) is 6.58. The van der Waals surface area contributed by atoms with Gasteiger partial charge in [0, 0.05) is 18.5 Å². The third-order valence-electron chi connectivity index (χ3n) is 2.94. The summed E-state index contributed by atoms with van der Waals surface area (Å²) in [6.45, 7) is 2.20. The van der Waals surface area contributed by atoms with Gasteiger partial charge in [0.25, 0.3) is 0 Å². The number of benzene rings is 1. The zero-order chi connectivity index (χ0) is 12.5. The number of carbonyl (C=O) groups is 1. The second kappa shape index (κ2) is 7.88. The number of nitrogen functional groups attached to an aromatic ring is 1. The van der Waals surface area contributed by atoms with Crippen LogP contribution < -0.4 is 5.73 Å². The molecule has 0 radical (unpaired) electrons. The van der Waals surface area contributed by atoms with Gasteiger partial charge < -0.3 is 5.73 Å². The molecule has 0 amide bonds. The van der Waals surface area contributed by atoms with Crippen LogP contribution in [-0.2, 0) is 11.2 Å². The number of hydrogen-bond acceptors (Lipinski definition) is 2. The molecule has 0 aromatic heterocycles. The molecule has 0 aliphatic heterocycles. The van der Waals surface area contributed by atoms with E-state index in [9.17, 15) is 4.79 Å². The van der Waals surface area contributed by atoms with E-state index in [2.05, 4.69) is 6.92 Å². The maximum absolute atomic E-state index is 11.7. The highest BCUT2D eigenvalue weighted by molar-refractivity contribution is 5.80. The lowest BCUT2D eigenvalue weighted by Gasteiger charge is -2.02. The Labute approximate surface area is 104 Å². The van der Waals surface area contributed by atoms with Crippen molar-refractivity contribution in [1.29, 1.82) is 0 Å². The molecule has 2 N–H and O–H groups in total. The fourth-order valence-corrected chi connectivity index (χ4v) is 1.88. The average molecular weight is 233 g/mol. The average Bonchev–Trinajstić information content (AvgIpc) is 2.32. The van der Waals surface area contributed by atoms with Gasteiger partial charge in [-0.2, -0.15) is 0 Å². The van der Waals surface area contributed by atoms with Crippen molar-refractivity contribution in [3.8, 4) is 0 Å². The second-order valence-electron chi connectivity index (χ2n) is 4.62. The first kappa shape index (κ1) is 13.8. The minimum absolute atomic E-state index is 0.339. The number of hydrogen-bond donors (Lipinski definition) is 1. The van der Waals surface area contributed by atoms with Gasteiger partial charge >= 0.3 is 0 Å². The molecule has 0 saturated heterocycles. The zero-order valence-electron chi connectivity index (χ0n) is 10.7. The van der Waals surface area contributed by atoms with E-state index in [4.69, 9.17) is 5.73 Å². The minimum Gasteiger partial charge on any atom is -0.399 e. The molecule has 0 aliphatic carbocycles. The maximum atomic E-state index is 11.7. The van der Waals surface area contributed by atoms with Gasteiger partial charge in [-0.3, -0.25) is 4.79 Å². The van der Waals surface area contributed by atoms with Crippen LogP contribution in [0.25, 0.3) is 0 Å². The molecule has 0 spiro atoms. The number of rotatable bonds is 8. The van der Waals surface area contributed by atoms with Gasteiger partial charge in [0.05, 0.1) is 0 Å². The standard InChI is InChI=1S/C15H23NO/c1-2-3-4-5-6-7-15(17)12-13-8-10-14(16)11-9-13/h8-11H,2-7,12,16H2,1H3. The summed E-state index contributed by atoms with van der Waals surface area (Å²) >= 11 is 0. The molecule has 17 heavy (non-hydrogen) atoms. The summed E-state index contributed by atoms with van der Waals surface area (Å²) in [5.74, 6) is 0.339. The van der Waals surface area contributed by atoms with Crippen LogP contribution >= 0.6 is 0 Å². The SMILES string of the molecule is CCCCCCCC(=O)Cc1ccc(N)cc1. The van der Waals surface area contributed by atoms with Crippen LogP contribution in [0.15, 0.2) is 24.3 Å². The zero-order valence-corrected chi connectivity index (χ0v) is 10.7. The van der Waals surface area contributed by atoms with Crippen LogP contribution in [0.5, 0.6) is 0 Å². The van der Waals surface area contributed by atoms with Crippen molar-refractivity contribution in [2.75, 3.05) is 5.73 Å². The monoisotopic (exact) mass is 233 g/mol. The Morgan fingerprint density at radius 1 is 1.06 bits per heavy atom. The van der Waals surface area contributed by atoms with Gasteiger partial charge in [-0.25, -0.2) is 0 Å². The Morgan fingerprint density at radius 2 is 1.71 bits per heavy atom. The van der Waals surface area contributed by atoms with Crippen molar-refractivity contribution in [2.45, 2.75) is 51.9 Å². The summed E-state index contributed by atoms with van der Waals surface area (Å²) in [5.41, 5.74) is 7.42. The highest BCUT2D eigenvalue weighted by Gasteiger charge is 2.03. The summed E-state index contributed by atoms with van der Waals surface area (Å²) in [4.78, 5) is 11.7. The van der Waals surface area contributed by atoms with E-state index >= 15 is 0 Å². The van der Waals surface area contributed by atoms with Crippen molar-refractivity contribution in [3.63, 3.8) is 0 Å². The number of unbranched alkanes of at least 4 members (excludes halogenated alkanes) is 4. The van der Waals surface area contributed by atoms with Crippen molar-refractivity contribution < 1.29 is 4.79 Å². The van der Waals surface area contributed by atoms with Gasteiger partial charge in [0.15, 0.2) is 0 Å². The van der Waals surface area contributed by atoms with Crippen molar-refractivity contribution in [1.82, 2.24) is 0 Å². The normalized spacial score (nSPS) is 10.4. The van der Waals surface area contributed by atoms with E-state index in [0.29, 0.717) is 18.6 Å². The fraction of sp³-hybridized carbons (Fsp3) is 0.533. The molecule has 1 rings (SSSR count). The lowest BCUT2D eigenvalue weighted by molar-refractivity contribution is -0.118. The Bertz CT molecular complexity index is 329. The molecule has 2 nitrogen and oxygen atoms in total. The lowest BCUT2D eigenvalue weighted by Crippen LogP contribution is -2.02. The quantitative estimate of drug-likeness (QED) is 0.549. The smallest absolute Gasteiger partial charge is 0.137 e. The van der Waals surface area contributed by atoms with Gasteiger partial charge in [-0.1, -0.05) is 44.7 Å². The predicted molar refractivity (Wildman–Crippen MR) is 72.9 cm³/mol. The van der Waals surface area contributed by atoms with Crippen LogP contribution in [-0.4, -0.2) is 5.78 Å². The van der Waals surface area contributed by atoms with E-state index in [-0.39, 0.29) is 0 Å². The summed E-state index contributed by atoms with van der Waals surface area (Å²) in [6.07, 6.45) is 7.27. The summed E-state index contributed by atoms with van der Waals surface area (Å²) < 4.78 is 0. The van der Waals surface area contributed by atoms with E-state index < -0.39 is 0 Å². The van der Waals surface area contributed by atoms with Crippen LogP contribution in [0, 0.1) is 0 Å². The Morgan fingerprint density at radius 3 is 2.35 bits per heavy atom. The highest BCUT2D eigenvalue weighted by atomic mass is 16.1. The van der Waals surface area contributed by atoms with Crippen LogP contribution in [0.2, 0.25) is 0 Å². The minimum atomic E-state index is 0.339. The Hall–Kier alpha value is -1.31. The Balaban J connectivity index is 2.18. The van der Waals surface area contributed by atoms with Gasteiger partial charge in [0.1, 0.15) is 5.78 Å². The van der Waals surface area contributed by atoms with Gasteiger partial charge in [-0.15, -0.1) is 0 Å². The number of anilines is 1. The van der Waals surface area contributed by atoms with Crippen LogP contribution in [0.1, 0.15) is 51.0 Å². The largest absolute Gasteiger partial charge is 0.399 e. The topological polar surface area (TPSA) is 43.1 Å². The van der Waals surface area contributed by atoms with E-state index in [1.165, 1.54) is 25.7 Å². The number of Topliss-reactive ketones (excluding diaryl/α,β-unsaturated/α-hetero) is 1.